The Morgan fingerprint density at radius 3 is 2.75 bits per heavy atom. The topological polar surface area (TPSA) is 63.3 Å². The van der Waals surface area contributed by atoms with Crippen LogP contribution >= 0.6 is 11.8 Å². The van der Waals surface area contributed by atoms with E-state index in [2.05, 4.69) is 0 Å². The lowest BCUT2D eigenvalue weighted by atomic mass is 10.3. The van der Waals surface area contributed by atoms with Gasteiger partial charge in [-0.1, -0.05) is 0 Å². The average Bonchev–Trinajstić information content (AvgIpc) is 3.03. The molecule has 1 fully saturated rings. The Morgan fingerprint density at radius 1 is 1.56 bits per heavy atom. The molecule has 0 aliphatic heterocycles. The minimum Gasteiger partial charge on any atom is -0.480 e. The first-order valence-corrected chi connectivity index (χ1v) is 5.90. The van der Waals surface area contributed by atoms with E-state index in [1.165, 1.54) is 23.9 Å². The van der Waals surface area contributed by atoms with E-state index in [9.17, 15) is 9.18 Å². The highest BCUT2D eigenvalue weighted by atomic mass is 32.2. The van der Waals surface area contributed by atoms with Crippen LogP contribution in [-0.2, 0) is 4.79 Å². The third kappa shape index (κ3) is 2.47. The molecule has 0 radical (unpaired) electrons. The lowest BCUT2D eigenvalue weighted by Crippen LogP contribution is -2.18. The van der Waals surface area contributed by atoms with Crippen LogP contribution in [0.3, 0.4) is 0 Å². The molecule has 3 N–H and O–H groups in total. The highest BCUT2D eigenvalue weighted by Gasteiger charge is 2.36. The Kier molecular flexibility index (Phi) is 3.05. The van der Waals surface area contributed by atoms with Crippen LogP contribution in [0.15, 0.2) is 23.1 Å². The van der Waals surface area contributed by atoms with E-state index < -0.39 is 17.0 Å². The lowest BCUT2D eigenvalue weighted by molar-refractivity contribution is -0.136. The van der Waals surface area contributed by atoms with Gasteiger partial charge in [-0.05, 0) is 37.0 Å². The number of benzene rings is 1. The molecule has 1 unspecified atom stereocenters. The molecular formula is C11H12FNO2S. The molecule has 1 saturated carbocycles. The molecule has 0 heterocycles. The van der Waals surface area contributed by atoms with Crippen molar-refractivity contribution in [1.82, 2.24) is 0 Å². The molecule has 1 atom stereocenters. The maximum absolute atomic E-state index is 13.2. The molecule has 5 heteroatoms. The van der Waals surface area contributed by atoms with Gasteiger partial charge in [-0.2, -0.15) is 0 Å². The molecule has 3 nitrogen and oxygen atoms in total. The average molecular weight is 241 g/mol. The number of nitrogen functional groups attached to an aromatic ring is 1. The van der Waals surface area contributed by atoms with Crippen molar-refractivity contribution in [2.75, 3.05) is 5.73 Å². The van der Waals surface area contributed by atoms with Gasteiger partial charge in [0.2, 0.25) is 0 Å². The van der Waals surface area contributed by atoms with Crippen LogP contribution in [0, 0.1) is 11.7 Å². The number of hydrogen-bond acceptors (Lipinski definition) is 3. The number of halogens is 1. The molecule has 2 rings (SSSR count). The van der Waals surface area contributed by atoms with Crippen molar-refractivity contribution in [3.8, 4) is 0 Å². The first-order chi connectivity index (χ1) is 7.58. The first kappa shape index (κ1) is 11.3. The second-order valence-electron chi connectivity index (χ2n) is 3.90. The second-order valence-corrected chi connectivity index (χ2v) is 5.11. The molecule has 0 bridgehead atoms. The van der Waals surface area contributed by atoms with Crippen molar-refractivity contribution in [2.45, 2.75) is 23.0 Å². The van der Waals surface area contributed by atoms with Gasteiger partial charge in [0.1, 0.15) is 11.1 Å². The van der Waals surface area contributed by atoms with Crippen LogP contribution < -0.4 is 5.73 Å². The van der Waals surface area contributed by atoms with Crippen molar-refractivity contribution in [1.29, 1.82) is 0 Å². The fourth-order valence-electron chi connectivity index (χ4n) is 1.48. The number of carboxylic acid groups (broad SMARTS) is 1. The van der Waals surface area contributed by atoms with Crippen molar-refractivity contribution in [3.63, 3.8) is 0 Å². The fourth-order valence-corrected chi connectivity index (χ4v) is 2.65. The maximum Gasteiger partial charge on any atom is 0.317 e. The predicted octanol–water partition coefficient (Wildman–Crippen LogP) is 2.36. The van der Waals surface area contributed by atoms with Gasteiger partial charge in [-0.3, -0.25) is 4.79 Å². The summed E-state index contributed by atoms with van der Waals surface area (Å²) in [6.45, 7) is 0. The number of hydrogen-bond donors (Lipinski definition) is 2. The van der Waals surface area contributed by atoms with Crippen molar-refractivity contribution >= 4 is 23.4 Å². The Labute approximate surface area is 96.8 Å². The lowest BCUT2D eigenvalue weighted by Gasteiger charge is -2.10. The molecule has 86 valence electrons. The molecule has 0 saturated heterocycles. The zero-order valence-corrected chi connectivity index (χ0v) is 9.34. The number of rotatable bonds is 4. The summed E-state index contributed by atoms with van der Waals surface area (Å²) in [4.78, 5) is 11.6. The zero-order valence-electron chi connectivity index (χ0n) is 8.52. The van der Waals surface area contributed by atoms with E-state index in [-0.39, 0.29) is 11.6 Å². The van der Waals surface area contributed by atoms with Crippen LogP contribution in [0.2, 0.25) is 0 Å². The van der Waals surface area contributed by atoms with Crippen molar-refractivity contribution in [3.05, 3.63) is 24.0 Å². The molecule has 1 aliphatic carbocycles. The van der Waals surface area contributed by atoms with Gasteiger partial charge in [0.05, 0.1) is 5.69 Å². The number of carbonyl (C=O) groups is 1. The molecule has 1 aromatic rings. The standard InChI is InChI=1S/C11H12FNO2S/c12-8-5-7(3-4-9(8)13)16-10(11(14)15)6-1-2-6/h3-6,10H,1-2,13H2,(H,14,15). The number of thioether (sulfide) groups is 1. The Bertz CT molecular complexity index is 420. The SMILES string of the molecule is Nc1ccc(SC(C(=O)O)C2CC2)cc1F. The van der Waals surface area contributed by atoms with Gasteiger partial charge in [0.15, 0.2) is 0 Å². The van der Waals surface area contributed by atoms with E-state index in [0.717, 1.165) is 12.8 Å². The van der Waals surface area contributed by atoms with Gasteiger partial charge in [0.25, 0.3) is 0 Å². The fraction of sp³-hybridized carbons (Fsp3) is 0.364. The highest BCUT2D eigenvalue weighted by Crippen LogP contribution is 2.42. The first-order valence-electron chi connectivity index (χ1n) is 5.02. The molecule has 0 spiro atoms. The number of carboxylic acids is 1. The smallest absolute Gasteiger partial charge is 0.317 e. The Balaban J connectivity index is 2.12. The summed E-state index contributed by atoms with van der Waals surface area (Å²) >= 11 is 1.20. The van der Waals surface area contributed by atoms with E-state index >= 15 is 0 Å². The summed E-state index contributed by atoms with van der Waals surface area (Å²) in [5.41, 5.74) is 5.44. The minimum absolute atomic E-state index is 0.0858. The zero-order chi connectivity index (χ0) is 11.7. The maximum atomic E-state index is 13.2. The monoisotopic (exact) mass is 241 g/mol. The van der Waals surface area contributed by atoms with Gasteiger partial charge in [-0.15, -0.1) is 11.8 Å². The quantitative estimate of drug-likeness (QED) is 0.627. The van der Waals surface area contributed by atoms with E-state index in [4.69, 9.17) is 10.8 Å². The van der Waals surface area contributed by atoms with Gasteiger partial charge < -0.3 is 10.8 Å². The van der Waals surface area contributed by atoms with Crippen LogP contribution in [0.4, 0.5) is 10.1 Å². The van der Waals surface area contributed by atoms with Crippen LogP contribution in [-0.4, -0.2) is 16.3 Å². The van der Waals surface area contributed by atoms with Gasteiger partial charge >= 0.3 is 5.97 Å². The highest BCUT2D eigenvalue weighted by molar-refractivity contribution is 8.00. The Hall–Kier alpha value is -1.23. The molecule has 1 aliphatic rings. The molecule has 0 aromatic heterocycles. The summed E-state index contributed by atoms with van der Waals surface area (Å²) in [5, 5.41) is 8.56. The molecular weight excluding hydrogens is 229 g/mol. The minimum atomic E-state index is -0.829. The third-order valence-electron chi connectivity index (χ3n) is 2.53. The summed E-state index contributed by atoms with van der Waals surface area (Å²) in [6, 6.07) is 4.41. The van der Waals surface area contributed by atoms with Crippen LogP contribution in [0.1, 0.15) is 12.8 Å². The van der Waals surface area contributed by atoms with Gasteiger partial charge in [0, 0.05) is 4.90 Å². The van der Waals surface area contributed by atoms with Crippen molar-refractivity contribution < 1.29 is 14.3 Å². The molecule has 0 amide bonds. The second kappa shape index (κ2) is 4.33. The Morgan fingerprint density at radius 2 is 2.25 bits per heavy atom. The summed E-state index contributed by atoms with van der Waals surface area (Å²) < 4.78 is 13.2. The summed E-state index contributed by atoms with van der Waals surface area (Å²) in [7, 11) is 0. The normalized spacial score (nSPS) is 17.1. The summed E-state index contributed by atoms with van der Waals surface area (Å²) in [5.74, 6) is -1.10. The largest absolute Gasteiger partial charge is 0.480 e. The van der Waals surface area contributed by atoms with Crippen LogP contribution in [0.5, 0.6) is 0 Å². The van der Waals surface area contributed by atoms with Gasteiger partial charge in [-0.25, -0.2) is 4.39 Å². The third-order valence-corrected chi connectivity index (χ3v) is 3.90. The van der Waals surface area contributed by atoms with E-state index in [0.29, 0.717) is 4.90 Å². The van der Waals surface area contributed by atoms with E-state index in [1.54, 1.807) is 6.07 Å². The molecule has 16 heavy (non-hydrogen) atoms. The summed E-state index contributed by atoms with van der Waals surface area (Å²) in [6.07, 6.45) is 1.89. The number of nitrogens with two attached hydrogens (primary N) is 1. The number of anilines is 1. The molecule has 1 aromatic carbocycles. The predicted molar refractivity (Wildman–Crippen MR) is 60.8 cm³/mol. The van der Waals surface area contributed by atoms with Crippen LogP contribution in [0.25, 0.3) is 0 Å². The number of aliphatic carboxylic acids is 1. The van der Waals surface area contributed by atoms with Crippen molar-refractivity contribution in [2.24, 2.45) is 5.92 Å². The van der Waals surface area contributed by atoms with E-state index in [1.807, 2.05) is 0 Å².